The van der Waals surface area contributed by atoms with E-state index in [0.717, 1.165) is 29.0 Å². The molecule has 0 aromatic heterocycles. The summed E-state index contributed by atoms with van der Waals surface area (Å²) in [5, 5.41) is 0. The molecule has 2 nitrogen and oxygen atoms in total. The molecule has 1 aliphatic carbocycles. The van der Waals surface area contributed by atoms with Crippen molar-refractivity contribution in [1.82, 2.24) is 0 Å². The SMILES string of the molecule is CCC(N)Cc1cc(OC2CCCC(CC)C2)ccc1Br. The van der Waals surface area contributed by atoms with Gasteiger partial charge in [-0.2, -0.15) is 0 Å². The van der Waals surface area contributed by atoms with Crippen molar-refractivity contribution in [3.05, 3.63) is 28.2 Å². The summed E-state index contributed by atoms with van der Waals surface area (Å²) in [7, 11) is 0. The second-order valence-electron chi connectivity index (χ2n) is 6.31. The summed E-state index contributed by atoms with van der Waals surface area (Å²) >= 11 is 3.62. The molecule has 0 heterocycles. The zero-order valence-electron chi connectivity index (χ0n) is 13.3. The fraction of sp³-hybridized carbons (Fsp3) is 0.667. The van der Waals surface area contributed by atoms with Gasteiger partial charge in [0.05, 0.1) is 6.10 Å². The normalized spacial score (nSPS) is 23.8. The van der Waals surface area contributed by atoms with Gasteiger partial charge in [-0.1, -0.05) is 42.6 Å². The molecule has 1 saturated carbocycles. The van der Waals surface area contributed by atoms with E-state index >= 15 is 0 Å². The van der Waals surface area contributed by atoms with Crippen LogP contribution in [-0.4, -0.2) is 12.1 Å². The number of benzene rings is 1. The van der Waals surface area contributed by atoms with E-state index < -0.39 is 0 Å². The highest BCUT2D eigenvalue weighted by atomic mass is 79.9. The van der Waals surface area contributed by atoms with Crippen LogP contribution in [0.3, 0.4) is 0 Å². The molecule has 0 aliphatic heterocycles. The number of hydrogen-bond acceptors (Lipinski definition) is 2. The lowest BCUT2D eigenvalue weighted by molar-refractivity contribution is 0.122. The maximum absolute atomic E-state index is 6.24. The predicted octanol–water partition coefficient (Wildman–Crippen LogP) is 5.08. The Bertz CT molecular complexity index is 449. The Morgan fingerprint density at radius 2 is 2.14 bits per heavy atom. The van der Waals surface area contributed by atoms with Gasteiger partial charge in [0.2, 0.25) is 0 Å². The summed E-state index contributed by atoms with van der Waals surface area (Å²) in [6, 6.07) is 6.54. The molecule has 0 amide bonds. The van der Waals surface area contributed by atoms with Gasteiger partial charge in [-0.25, -0.2) is 0 Å². The maximum atomic E-state index is 6.24. The largest absolute Gasteiger partial charge is 0.490 e. The molecule has 0 radical (unpaired) electrons. The minimum absolute atomic E-state index is 0.218. The quantitative estimate of drug-likeness (QED) is 0.773. The number of halogens is 1. The Hall–Kier alpha value is -0.540. The standard InChI is InChI=1S/C18H28BrNO/c1-3-13-6-5-7-16(10-13)21-17-8-9-18(19)14(12-17)11-15(20)4-2/h8-9,12-13,15-16H,3-7,10-11,20H2,1-2H3. The van der Waals surface area contributed by atoms with Gasteiger partial charge < -0.3 is 10.5 Å². The van der Waals surface area contributed by atoms with Gasteiger partial charge in [0.15, 0.2) is 0 Å². The summed E-state index contributed by atoms with van der Waals surface area (Å²) in [4.78, 5) is 0. The monoisotopic (exact) mass is 353 g/mol. The van der Waals surface area contributed by atoms with Crippen molar-refractivity contribution in [2.45, 2.75) is 70.9 Å². The van der Waals surface area contributed by atoms with Crippen molar-refractivity contribution in [2.75, 3.05) is 0 Å². The molecule has 1 aromatic carbocycles. The van der Waals surface area contributed by atoms with Crippen LogP contribution in [-0.2, 0) is 6.42 Å². The van der Waals surface area contributed by atoms with Crippen molar-refractivity contribution in [3.63, 3.8) is 0 Å². The molecule has 0 saturated heterocycles. The smallest absolute Gasteiger partial charge is 0.120 e. The van der Waals surface area contributed by atoms with Crippen molar-refractivity contribution >= 4 is 15.9 Å². The van der Waals surface area contributed by atoms with Crippen molar-refractivity contribution in [2.24, 2.45) is 11.7 Å². The van der Waals surface area contributed by atoms with Gasteiger partial charge in [0.25, 0.3) is 0 Å². The molecule has 2 rings (SSSR count). The van der Waals surface area contributed by atoms with Gasteiger partial charge in [0.1, 0.15) is 5.75 Å². The van der Waals surface area contributed by atoms with E-state index in [4.69, 9.17) is 10.5 Å². The molecule has 3 unspecified atom stereocenters. The van der Waals surface area contributed by atoms with Crippen LogP contribution < -0.4 is 10.5 Å². The average Bonchev–Trinajstić information content (AvgIpc) is 2.50. The first-order valence-corrected chi connectivity index (χ1v) is 9.12. The van der Waals surface area contributed by atoms with Crippen molar-refractivity contribution in [3.8, 4) is 5.75 Å². The first-order valence-electron chi connectivity index (χ1n) is 8.33. The summed E-state index contributed by atoms with van der Waals surface area (Å²) in [5.41, 5.74) is 7.34. The molecule has 3 atom stereocenters. The van der Waals surface area contributed by atoms with Crippen LogP contribution in [0, 0.1) is 5.92 Å². The molecular formula is C18H28BrNO. The molecular weight excluding hydrogens is 326 g/mol. The molecule has 118 valence electrons. The summed E-state index contributed by atoms with van der Waals surface area (Å²) in [5.74, 6) is 1.84. The summed E-state index contributed by atoms with van der Waals surface area (Å²) < 4.78 is 7.37. The van der Waals surface area contributed by atoms with E-state index in [1.165, 1.54) is 37.7 Å². The lowest BCUT2D eigenvalue weighted by Crippen LogP contribution is -2.25. The topological polar surface area (TPSA) is 35.2 Å². The fourth-order valence-electron chi connectivity index (χ4n) is 3.12. The Morgan fingerprint density at radius 3 is 2.86 bits per heavy atom. The molecule has 1 fully saturated rings. The van der Waals surface area contributed by atoms with Gasteiger partial charge in [-0.15, -0.1) is 0 Å². The first kappa shape index (κ1) is 16.8. The average molecular weight is 354 g/mol. The van der Waals surface area contributed by atoms with Crippen molar-refractivity contribution in [1.29, 1.82) is 0 Å². The molecule has 1 aliphatic rings. The Labute approximate surface area is 137 Å². The first-order chi connectivity index (χ1) is 10.1. The highest BCUT2D eigenvalue weighted by molar-refractivity contribution is 9.10. The molecule has 0 spiro atoms. The van der Waals surface area contributed by atoms with Gasteiger partial charge >= 0.3 is 0 Å². The minimum Gasteiger partial charge on any atom is -0.490 e. The van der Waals surface area contributed by atoms with Crippen LogP contribution in [0.5, 0.6) is 5.75 Å². The van der Waals surface area contributed by atoms with Crippen LogP contribution in [0.2, 0.25) is 0 Å². The Balaban J connectivity index is 2.01. The zero-order valence-corrected chi connectivity index (χ0v) is 14.9. The maximum Gasteiger partial charge on any atom is 0.120 e. The van der Waals surface area contributed by atoms with Crippen LogP contribution in [0.4, 0.5) is 0 Å². The lowest BCUT2D eigenvalue weighted by Gasteiger charge is -2.29. The number of rotatable bonds is 6. The third-order valence-corrected chi connectivity index (χ3v) is 5.41. The number of nitrogens with two attached hydrogens (primary N) is 1. The third-order valence-electron chi connectivity index (χ3n) is 4.64. The molecule has 2 N–H and O–H groups in total. The molecule has 3 heteroatoms. The van der Waals surface area contributed by atoms with Crippen LogP contribution in [0.1, 0.15) is 57.9 Å². The van der Waals surface area contributed by atoms with Crippen LogP contribution >= 0.6 is 15.9 Å². The Morgan fingerprint density at radius 1 is 1.33 bits per heavy atom. The van der Waals surface area contributed by atoms with E-state index in [0.29, 0.717) is 6.10 Å². The second-order valence-corrected chi connectivity index (χ2v) is 7.16. The minimum atomic E-state index is 0.218. The highest BCUT2D eigenvalue weighted by Gasteiger charge is 2.22. The third kappa shape index (κ3) is 5.00. The van der Waals surface area contributed by atoms with Crippen molar-refractivity contribution < 1.29 is 4.74 Å². The van der Waals surface area contributed by atoms with Gasteiger partial charge in [0, 0.05) is 10.5 Å². The van der Waals surface area contributed by atoms with E-state index in [1.54, 1.807) is 0 Å². The lowest BCUT2D eigenvalue weighted by atomic mass is 9.85. The van der Waals surface area contributed by atoms with E-state index in [9.17, 15) is 0 Å². The predicted molar refractivity (Wildman–Crippen MR) is 92.8 cm³/mol. The second kappa shape index (κ2) is 8.19. The molecule has 0 bridgehead atoms. The fourth-order valence-corrected chi connectivity index (χ4v) is 3.53. The van der Waals surface area contributed by atoms with E-state index in [-0.39, 0.29) is 6.04 Å². The summed E-state index contributed by atoms with van der Waals surface area (Å²) in [6.07, 6.45) is 8.62. The van der Waals surface area contributed by atoms with Crippen LogP contribution in [0.15, 0.2) is 22.7 Å². The van der Waals surface area contributed by atoms with Gasteiger partial charge in [-0.3, -0.25) is 0 Å². The van der Waals surface area contributed by atoms with E-state index in [2.05, 4.69) is 48.0 Å². The van der Waals surface area contributed by atoms with Gasteiger partial charge in [-0.05, 0) is 61.8 Å². The highest BCUT2D eigenvalue weighted by Crippen LogP contribution is 2.31. The molecule has 1 aromatic rings. The van der Waals surface area contributed by atoms with Crippen LogP contribution in [0.25, 0.3) is 0 Å². The molecule has 21 heavy (non-hydrogen) atoms. The number of hydrogen-bond donors (Lipinski definition) is 1. The summed E-state index contributed by atoms with van der Waals surface area (Å²) in [6.45, 7) is 4.42. The Kier molecular flexibility index (Phi) is 6.56. The zero-order chi connectivity index (χ0) is 15.2. The number of ether oxygens (including phenoxy) is 1. The van der Waals surface area contributed by atoms with E-state index in [1.807, 2.05) is 0 Å².